The summed E-state index contributed by atoms with van der Waals surface area (Å²) in [6, 6.07) is 4.87. The van der Waals surface area contributed by atoms with Crippen molar-refractivity contribution in [2.75, 3.05) is 0 Å². The fourth-order valence-electron chi connectivity index (χ4n) is 1.33. The molecular formula is C12H13Br2NO2. The molecule has 0 bridgehead atoms. The predicted molar refractivity (Wildman–Crippen MR) is 74.1 cm³/mol. The van der Waals surface area contributed by atoms with Crippen molar-refractivity contribution < 1.29 is 9.59 Å². The minimum atomic E-state index is -0.460. The van der Waals surface area contributed by atoms with Gasteiger partial charge in [-0.3, -0.25) is 9.59 Å². The maximum Gasteiger partial charge on any atom is 0.253 e. The molecule has 0 aliphatic carbocycles. The van der Waals surface area contributed by atoms with Gasteiger partial charge in [0, 0.05) is 15.4 Å². The monoisotopic (exact) mass is 361 g/mol. The number of hydrogen-bond acceptors (Lipinski definition) is 2. The van der Waals surface area contributed by atoms with E-state index in [0.29, 0.717) is 16.5 Å². The number of nitrogens with one attached hydrogen (secondary N) is 1. The van der Waals surface area contributed by atoms with E-state index in [1.54, 1.807) is 26.0 Å². The zero-order valence-corrected chi connectivity index (χ0v) is 12.8. The second-order valence-corrected chi connectivity index (χ2v) is 5.41. The smallest absolute Gasteiger partial charge is 0.253 e. The first-order valence-electron chi connectivity index (χ1n) is 5.24. The number of carbonyl (C=O) groups excluding carboxylic acids is 2. The van der Waals surface area contributed by atoms with Crippen LogP contribution < -0.4 is 5.32 Å². The van der Waals surface area contributed by atoms with Crippen molar-refractivity contribution >= 4 is 43.6 Å². The Morgan fingerprint density at radius 1 is 1.35 bits per heavy atom. The first-order chi connectivity index (χ1) is 7.95. The van der Waals surface area contributed by atoms with Crippen LogP contribution >= 0.6 is 31.9 Å². The Hall–Kier alpha value is -0.680. The number of ketones is 1. The van der Waals surface area contributed by atoms with E-state index in [-0.39, 0.29) is 11.7 Å². The molecule has 92 valence electrons. The van der Waals surface area contributed by atoms with E-state index in [4.69, 9.17) is 0 Å². The lowest BCUT2D eigenvalue weighted by atomic mass is 10.1. The van der Waals surface area contributed by atoms with Crippen LogP contribution in [0.1, 0.15) is 30.6 Å². The van der Waals surface area contributed by atoms with E-state index < -0.39 is 6.04 Å². The Morgan fingerprint density at radius 3 is 2.59 bits per heavy atom. The summed E-state index contributed by atoms with van der Waals surface area (Å²) >= 11 is 6.61. The highest BCUT2D eigenvalue weighted by Crippen LogP contribution is 2.21. The van der Waals surface area contributed by atoms with Crippen LogP contribution in [-0.4, -0.2) is 17.7 Å². The van der Waals surface area contributed by atoms with Crippen LogP contribution in [0.2, 0.25) is 0 Å². The highest BCUT2D eigenvalue weighted by Gasteiger charge is 2.16. The van der Waals surface area contributed by atoms with Crippen molar-refractivity contribution in [3.8, 4) is 0 Å². The maximum atomic E-state index is 11.9. The summed E-state index contributed by atoms with van der Waals surface area (Å²) in [4.78, 5) is 23.3. The van der Waals surface area contributed by atoms with Crippen molar-refractivity contribution in [3.05, 3.63) is 32.7 Å². The highest BCUT2D eigenvalue weighted by molar-refractivity contribution is 9.11. The van der Waals surface area contributed by atoms with Gasteiger partial charge in [0.15, 0.2) is 5.78 Å². The summed E-state index contributed by atoms with van der Waals surface area (Å²) in [7, 11) is 0. The Bertz CT molecular complexity index is 446. The predicted octanol–water partition coefficient (Wildman–Crippen LogP) is 3.31. The van der Waals surface area contributed by atoms with Gasteiger partial charge in [-0.15, -0.1) is 0 Å². The molecule has 0 saturated carbocycles. The summed E-state index contributed by atoms with van der Waals surface area (Å²) in [6.45, 7) is 3.47. The molecule has 1 unspecified atom stereocenters. The van der Waals surface area contributed by atoms with E-state index in [2.05, 4.69) is 37.2 Å². The van der Waals surface area contributed by atoms with E-state index in [1.165, 1.54) is 0 Å². The number of hydrogen-bond donors (Lipinski definition) is 1. The van der Waals surface area contributed by atoms with Gasteiger partial charge in [-0.25, -0.2) is 0 Å². The molecule has 0 radical (unpaired) electrons. The average Bonchev–Trinajstić information content (AvgIpc) is 2.30. The molecule has 1 amide bonds. The molecule has 0 heterocycles. The lowest BCUT2D eigenvalue weighted by Crippen LogP contribution is -2.38. The zero-order chi connectivity index (χ0) is 13.0. The van der Waals surface area contributed by atoms with Crippen LogP contribution in [0.25, 0.3) is 0 Å². The lowest BCUT2D eigenvalue weighted by molar-refractivity contribution is -0.120. The van der Waals surface area contributed by atoms with Gasteiger partial charge in [0.05, 0.1) is 11.6 Å². The van der Waals surface area contributed by atoms with Crippen LogP contribution in [0, 0.1) is 0 Å². The van der Waals surface area contributed by atoms with Crippen LogP contribution in [0.3, 0.4) is 0 Å². The van der Waals surface area contributed by atoms with Gasteiger partial charge in [0.25, 0.3) is 5.91 Å². The third-order valence-corrected chi connectivity index (χ3v) is 3.54. The standard InChI is InChI=1S/C12H13Br2NO2/c1-3-11(16)7(2)15-12(17)9-6-8(13)4-5-10(9)14/h4-7H,3H2,1-2H3,(H,15,17). The average molecular weight is 363 g/mol. The number of Topliss-reactive ketones (excluding diaryl/α,β-unsaturated/α-hetero) is 1. The Kier molecular flexibility index (Phi) is 5.33. The first kappa shape index (κ1) is 14.4. The third-order valence-electron chi connectivity index (χ3n) is 2.35. The van der Waals surface area contributed by atoms with Crippen molar-refractivity contribution in [1.82, 2.24) is 5.32 Å². The van der Waals surface area contributed by atoms with Gasteiger partial charge in [-0.2, -0.15) is 0 Å². The summed E-state index contributed by atoms with van der Waals surface area (Å²) in [5.74, 6) is -0.239. The lowest BCUT2D eigenvalue weighted by Gasteiger charge is -2.12. The van der Waals surface area contributed by atoms with Crippen LogP contribution in [-0.2, 0) is 4.79 Å². The summed E-state index contributed by atoms with van der Waals surface area (Å²) in [5, 5.41) is 2.68. The second kappa shape index (κ2) is 6.31. The van der Waals surface area contributed by atoms with E-state index >= 15 is 0 Å². The van der Waals surface area contributed by atoms with Crippen LogP contribution in [0.4, 0.5) is 0 Å². The van der Waals surface area contributed by atoms with E-state index in [9.17, 15) is 9.59 Å². The molecule has 1 rings (SSSR count). The number of halogens is 2. The Morgan fingerprint density at radius 2 is 2.00 bits per heavy atom. The van der Waals surface area contributed by atoms with Gasteiger partial charge in [0.1, 0.15) is 0 Å². The molecule has 1 aromatic carbocycles. The molecule has 1 atom stereocenters. The molecule has 0 aromatic heterocycles. The molecule has 3 nitrogen and oxygen atoms in total. The van der Waals surface area contributed by atoms with Gasteiger partial charge >= 0.3 is 0 Å². The molecule has 0 aliphatic heterocycles. The normalized spacial score (nSPS) is 12.0. The third kappa shape index (κ3) is 3.92. The van der Waals surface area contributed by atoms with E-state index in [1.807, 2.05) is 6.07 Å². The fourth-order valence-corrected chi connectivity index (χ4v) is 2.12. The minimum Gasteiger partial charge on any atom is -0.342 e. The van der Waals surface area contributed by atoms with Gasteiger partial charge in [-0.1, -0.05) is 22.9 Å². The molecule has 1 N–H and O–H groups in total. The second-order valence-electron chi connectivity index (χ2n) is 3.64. The Labute approximate surface area is 117 Å². The van der Waals surface area contributed by atoms with Crippen molar-refractivity contribution in [1.29, 1.82) is 0 Å². The van der Waals surface area contributed by atoms with Crippen molar-refractivity contribution in [3.63, 3.8) is 0 Å². The number of rotatable bonds is 4. The summed E-state index contributed by atoms with van der Waals surface area (Å²) in [5.41, 5.74) is 0.509. The van der Waals surface area contributed by atoms with E-state index in [0.717, 1.165) is 4.47 Å². The highest BCUT2D eigenvalue weighted by atomic mass is 79.9. The number of carbonyl (C=O) groups is 2. The van der Waals surface area contributed by atoms with Crippen LogP contribution in [0.15, 0.2) is 27.1 Å². The quantitative estimate of drug-likeness (QED) is 0.893. The molecule has 17 heavy (non-hydrogen) atoms. The van der Waals surface area contributed by atoms with Gasteiger partial charge in [0.2, 0.25) is 0 Å². The molecular weight excluding hydrogens is 350 g/mol. The molecule has 0 aliphatic rings. The number of amides is 1. The Balaban J connectivity index is 2.83. The molecule has 0 spiro atoms. The summed E-state index contributed by atoms with van der Waals surface area (Å²) < 4.78 is 1.52. The molecule has 1 aromatic rings. The molecule has 5 heteroatoms. The van der Waals surface area contributed by atoms with Gasteiger partial charge in [-0.05, 0) is 41.1 Å². The van der Waals surface area contributed by atoms with Crippen LogP contribution in [0.5, 0.6) is 0 Å². The van der Waals surface area contributed by atoms with Crippen molar-refractivity contribution in [2.45, 2.75) is 26.3 Å². The molecule has 0 saturated heterocycles. The maximum absolute atomic E-state index is 11.9. The topological polar surface area (TPSA) is 46.2 Å². The largest absolute Gasteiger partial charge is 0.342 e. The zero-order valence-electron chi connectivity index (χ0n) is 9.59. The number of benzene rings is 1. The fraction of sp³-hybridized carbons (Fsp3) is 0.333. The van der Waals surface area contributed by atoms with Crippen molar-refractivity contribution in [2.24, 2.45) is 0 Å². The van der Waals surface area contributed by atoms with Gasteiger partial charge < -0.3 is 5.32 Å². The minimum absolute atomic E-state index is 0.0180. The summed E-state index contributed by atoms with van der Waals surface area (Å²) in [6.07, 6.45) is 0.418. The molecule has 0 fully saturated rings. The SMILES string of the molecule is CCC(=O)C(C)NC(=O)c1cc(Br)ccc1Br. The first-order valence-corrected chi connectivity index (χ1v) is 6.83.